The van der Waals surface area contributed by atoms with Crippen molar-refractivity contribution in [1.29, 1.82) is 0 Å². The predicted octanol–water partition coefficient (Wildman–Crippen LogP) is 6.57. The zero-order valence-electron chi connectivity index (χ0n) is 24.5. The molecule has 0 radical (unpaired) electrons. The van der Waals surface area contributed by atoms with Crippen molar-refractivity contribution in [1.82, 2.24) is 5.32 Å². The summed E-state index contributed by atoms with van der Waals surface area (Å²) >= 11 is 0. The van der Waals surface area contributed by atoms with Gasteiger partial charge in [0.2, 0.25) is 0 Å². The average molecular weight is 516 g/mol. The first kappa shape index (κ1) is 26.4. The number of alkyl carbamates (subject to hydrolysis) is 1. The highest BCUT2D eigenvalue weighted by Gasteiger charge is 2.80. The largest absolute Gasteiger partial charge is 0.443 e. The van der Waals surface area contributed by atoms with Crippen LogP contribution < -0.4 is 5.32 Å². The van der Waals surface area contributed by atoms with E-state index in [1.807, 2.05) is 6.92 Å². The Morgan fingerprint density at radius 2 is 1.81 bits per heavy atom. The highest BCUT2D eigenvalue weighted by molar-refractivity contribution is 5.67. The van der Waals surface area contributed by atoms with Crippen LogP contribution in [0.1, 0.15) is 106 Å². The minimum absolute atomic E-state index is 0.0137. The standard InChI is InChI=1S/C32H53NO4/c1-8-33-28(35)37-27(18(2)3)23-15-19(4)26-22(36-23)16-21-20-9-10-24-29(5,6)25(34)11-12-32(24)17-31(20,32)14-13-30(21,26)7/h18-27,34H,8-17H2,1-7H3,(H,33,35)/t19-,20?,21?,22?,23?,24+,25+,26+,27-,30?,31+,32?/m1/s1. The molecule has 6 fully saturated rings. The molecule has 5 aliphatic carbocycles. The second-order valence-electron chi connectivity index (χ2n) is 15.5. The number of amides is 1. The summed E-state index contributed by atoms with van der Waals surface area (Å²) in [5.41, 5.74) is 1.43. The van der Waals surface area contributed by atoms with E-state index in [2.05, 4.69) is 46.9 Å². The maximum Gasteiger partial charge on any atom is 0.407 e. The van der Waals surface area contributed by atoms with Crippen molar-refractivity contribution in [3.05, 3.63) is 0 Å². The molecule has 2 N–H and O–H groups in total. The molecule has 37 heavy (non-hydrogen) atoms. The SMILES string of the molecule is CCNC(=O)O[C@H](C(C)C)C1C[C@@H](C)[C@H]2C(CC3C4CC[C@H]5C(C)(C)[C@@H](O)CCC56C[C@@]46CCC32C)O1. The lowest BCUT2D eigenvalue weighted by molar-refractivity contribution is -0.165. The lowest BCUT2D eigenvalue weighted by Gasteiger charge is -2.59. The molecule has 6 aliphatic rings. The number of ether oxygens (including phenoxy) is 2. The summed E-state index contributed by atoms with van der Waals surface area (Å²) in [7, 11) is 0. The van der Waals surface area contributed by atoms with E-state index in [0.29, 0.717) is 40.5 Å². The van der Waals surface area contributed by atoms with Gasteiger partial charge in [0.05, 0.1) is 18.3 Å². The van der Waals surface area contributed by atoms with Gasteiger partial charge in [-0.3, -0.25) is 0 Å². The molecule has 5 heteroatoms. The van der Waals surface area contributed by atoms with Crippen molar-refractivity contribution in [2.24, 2.45) is 57.2 Å². The van der Waals surface area contributed by atoms with E-state index >= 15 is 0 Å². The summed E-state index contributed by atoms with van der Waals surface area (Å²) < 4.78 is 12.9. The van der Waals surface area contributed by atoms with E-state index in [1.165, 1.54) is 44.9 Å². The van der Waals surface area contributed by atoms with E-state index < -0.39 is 0 Å². The second kappa shape index (κ2) is 8.59. The normalized spacial score (nSPS) is 52.1. The molecule has 0 aromatic carbocycles. The average Bonchev–Trinajstić information content (AvgIpc) is 3.39. The third-order valence-corrected chi connectivity index (χ3v) is 13.5. The Hall–Kier alpha value is -0.810. The summed E-state index contributed by atoms with van der Waals surface area (Å²) in [6.45, 7) is 16.6. The number of carbonyl (C=O) groups is 1. The van der Waals surface area contributed by atoms with Gasteiger partial charge < -0.3 is 19.9 Å². The minimum atomic E-state index is -0.315. The molecule has 5 saturated carbocycles. The number of hydrogen-bond donors (Lipinski definition) is 2. The van der Waals surface area contributed by atoms with Crippen LogP contribution in [0.3, 0.4) is 0 Å². The molecule has 0 aromatic rings. The Morgan fingerprint density at radius 3 is 2.51 bits per heavy atom. The van der Waals surface area contributed by atoms with Crippen LogP contribution in [-0.2, 0) is 9.47 Å². The van der Waals surface area contributed by atoms with Gasteiger partial charge in [-0.25, -0.2) is 4.79 Å². The Kier molecular flexibility index (Phi) is 6.13. The molecular formula is C32H53NO4. The fourth-order valence-electron chi connectivity index (χ4n) is 12.0. The Balaban J connectivity index is 1.24. The quantitative estimate of drug-likeness (QED) is 0.444. The molecule has 1 saturated heterocycles. The molecule has 2 spiro atoms. The van der Waals surface area contributed by atoms with Gasteiger partial charge in [0, 0.05) is 6.54 Å². The van der Waals surface area contributed by atoms with Crippen LogP contribution in [0.4, 0.5) is 4.79 Å². The van der Waals surface area contributed by atoms with Gasteiger partial charge in [-0.15, -0.1) is 0 Å². The van der Waals surface area contributed by atoms with Crippen molar-refractivity contribution in [2.45, 2.75) is 131 Å². The lowest BCUT2D eigenvalue weighted by atomic mass is 9.46. The monoisotopic (exact) mass is 515 g/mol. The first-order valence-electron chi connectivity index (χ1n) is 15.7. The molecule has 6 unspecified atom stereocenters. The number of carbonyl (C=O) groups excluding carboxylic acids is 1. The first-order chi connectivity index (χ1) is 17.4. The van der Waals surface area contributed by atoms with E-state index in [1.54, 1.807) is 0 Å². The van der Waals surface area contributed by atoms with E-state index in [-0.39, 0.29) is 41.8 Å². The van der Waals surface area contributed by atoms with Gasteiger partial charge in [0.25, 0.3) is 0 Å². The molecule has 5 nitrogen and oxygen atoms in total. The number of rotatable bonds is 4. The fourth-order valence-corrected chi connectivity index (χ4v) is 12.0. The second-order valence-corrected chi connectivity index (χ2v) is 15.5. The van der Waals surface area contributed by atoms with Gasteiger partial charge in [-0.2, -0.15) is 0 Å². The van der Waals surface area contributed by atoms with Crippen molar-refractivity contribution in [3.63, 3.8) is 0 Å². The summed E-state index contributed by atoms with van der Waals surface area (Å²) in [5.74, 6) is 3.67. The molecule has 6 rings (SSSR count). The zero-order valence-corrected chi connectivity index (χ0v) is 24.5. The van der Waals surface area contributed by atoms with Crippen LogP contribution in [0.15, 0.2) is 0 Å². The third kappa shape index (κ3) is 3.50. The zero-order chi connectivity index (χ0) is 26.5. The molecule has 210 valence electrons. The van der Waals surface area contributed by atoms with Crippen LogP contribution in [-0.4, -0.2) is 42.2 Å². The van der Waals surface area contributed by atoms with Crippen molar-refractivity contribution in [3.8, 4) is 0 Å². The maximum atomic E-state index is 12.3. The van der Waals surface area contributed by atoms with Gasteiger partial charge >= 0.3 is 6.09 Å². The van der Waals surface area contributed by atoms with Gasteiger partial charge in [-0.1, -0.05) is 41.5 Å². The molecule has 1 aliphatic heterocycles. The van der Waals surface area contributed by atoms with Gasteiger partial charge in [0.15, 0.2) is 0 Å². The first-order valence-corrected chi connectivity index (χ1v) is 15.7. The Bertz CT molecular complexity index is 918. The number of nitrogens with one attached hydrogen (secondary N) is 1. The number of fused-ring (bicyclic) bond motifs is 4. The number of aliphatic hydroxyl groups is 1. The summed E-state index contributed by atoms with van der Waals surface area (Å²) in [6.07, 6.45) is 10.8. The molecule has 0 aromatic heterocycles. The maximum absolute atomic E-state index is 12.3. The van der Waals surface area contributed by atoms with Crippen LogP contribution >= 0.6 is 0 Å². The summed E-state index contributed by atoms with van der Waals surface area (Å²) in [5, 5.41) is 13.7. The highest BCUT2D eigenvalue weighted by Crippen LogP contribution is 2.87. The Morgan fingerprint density at radius 1 is 1.05 bits per heavy atom. The Labute approximate surface area is 225 Å². The van der Waals surface area contributed by atoms with Crippen molar-refractivity contribution >= 4 is 6.09 Å². The molecule has 1 heterocycles. The van der Waals surface area contributed by atoms with Gasteiger partial charge in [-0.05, 0) is 122 Å². The van der Waals surface area contributed by atoms with Crippen molar-refractivity contribution in [2.75, 3.05) is 6.54 Å². The van der Waals surface area contributed by atoms with Crippen LogP contribution in [0.5, 0.6) is 0 Å². The molecule has 12 atom stereocenters. The molecule has 1 amide bonds. The summed E-state index contributed by atoms with van der Waals surface area (Å²) in [6, 6.07) is 0. The summed E-state index contributed by atoms with van der Waals surface area (Å²) in [4.78, 5) is 12.3. The smallest absolute Gasteiger partial charge is 0.407 e. The highest BCUT2D eigenvalue weighted by atomic mass is 16.6. The molecular weight excluding hydrogens is 462 g/mol. The predicted molar refractivity (Wildman–Crippen MR) is 145 cm³/mol. The van der Waals surface area contributed by atoms with Crippen LogP contribution in [0.2, 0.25) is 0 Å². The van der Waals surface area contributed by atoms with Crippen molar-refractivity contribution < 1.29 is 19.4 Å². The van der Waals surface area contributed by atoms with Crippen LogP contribution in [0.25, 0.3) is 0 Å². The van der Waals surface area contributed by atoms with E-state index in [0.717, 1.165) is 24.7 Å². The third-order valence-electron chi connectivity index (χ3n) is 13.5. The number of aliphatic hydroxyl groups excluding tert-OH is 1. The number of hydrogen-bond acceptors (Lipinski definition) is 4. The molecule has 0 bridgehead atoms. The van der Waals surface area contributed by atoms with Crippen LogP contribution in [0, 0.1) is 57.2 Å². The van der Waals surface area contributed by atoms with Gasteiger partial charge in [0.1, 0.15) is 6.10 Å². The van der Waals surface area contributed by atoms with E-state index in [9.17, 15) is 9.90 Å². The fraction of sp³-hybridized carbons (Fsp3) is 0.969. The minimum Gasteiger partial charge on any atom is -0.443 e. The lowest BCUT2D eigenvalue weighted by Crippen LogP contribution is -2.55. The van der Waals surface area contributed by atoms with E-state index in [4.69, 9.17) is 9.47 Å². The topological polar surface area (TPSA) is 67.8 Å².